The molecule has 1 aromatic carbocycles. The first-order chi connectivity index (χ1) is 9.42. The Morgan fingerprint density at radius 3 is 2.70 bits per heavy atom. The zero-order valence-electron chi connectivity index (χ0n) is 12.1. The highest BCUT2D eigenvalue weighted by Crippen LogP contribution is 2.14. The van der Waals surface area contributed by atoms with Gasteiger partial charge in [-0.15, -0.1) is 0 Å². The lowest BCUT2D eigenvalue weighted by atomic mass is 10.2. The summed E-state index contributed by atoms with van der Waals surface area (Å²) >= 11 is 0. The molecule has 6 heteroatoms. The molecule has 20 heavy (non-hydrogen) atoms. The van der Waals surface area contributed by atoms with E-state index in [-0.39, 0.29) is 24.2 Å². The summed E-state index contributed by atoms with van der Waals surface area (Å²) in [5.41, 5.74) is 0.906. The van der Waals surface area contributed by atoms with Gasteiger partial charge in [-0.25, -0.2) is 0 Å². The number of hydrogen-bond acceptors (Lipinski definition) is 4. The topological polar surface area (TPSA) is 75.5 Å². The highest BCUT2D eigenvalue weighted by Gasteiger charge is 2.12. The van der Waals surface area contributed by atoms with Crippen LogP contribution in [0.25, 0.3) is 0 Å². The molecular weight excluding hydrogens is 258 g/mol. The predicted molar refractivity (Wildman–Crippen MR) is 77.3 cm³/mol. The number of amides is 1. The van der Waals surface area contributed by atoms with Gasteiger partial charge >= 0.3 is 0 Å². The van der Waals surface area contributed by atoms with E-state index in [9.17, 15) is 14.9 Å². The van der Waals surface area contributed by atoms with Crippen molar-refractivity contribution in [3.63, 3.8) is 0 Å². The molecule has 0 aliphatic carbocycles. The van der Waals surface area contributed by atoms with Crippen molar-refractivity contribution in [2.24, 2.45) is 0 Å². The normalized spacial score (nSPS) is 10.8. The van der Waals surface area contributed by atoms with Gasteiger partial charge in [-0.3, -0.25) is 19.8 Å². The van der Waals surface area contributed by atoms with E-state index in [1.54, 1.807) is 12.1 Å². The second kappa shape index (κ2) is 7.59. The highest BCUT2D eigenvalue weighted by molar-refractivity contribution is 5.78. The lowest BCUT2D eigenvalue weighted by molar-refractivity contribution is -0.384. The number of nitro groups is 1. The Balaban J connectivity index is 2.66. The quantitative estimate of drug-likeness (QED) is 0.611. The number of carbonyl (C=O) groups excluding carboxylic acids is 1. The molecule has 0 aromatic heterocycles. The second-order valence-corrected chi connectivity index (χ2v) is 4.95. The molecule has 1 amide bonds. The summed E-state index contributed by atoms with van der Waals surface area (Å²) in [5, 5.41) is 13.6. The third-order valence-corrected chi connectivity index (χ3v) is 2.79. The number of carbonyl (C=O) groups is 1. The number of hydrogen-bond donors (Lipinski definition) is 1. The SMILES string of the molecule is CCN(CC(=O)NC(C)C)Cc1cccc([N+](=O)[O-])c1. The van der Waals surface area contributed by atoms with Crippen LogP contribution in [0.15, 0.2) is 24.3 Å². The number of likely N-dealkylation sites (N-methyl/N-ethyl adjacent to an activating group) is 1. The Morgan fingerprint density at radius 2 is 2.15 bits per heavy atom. The molecule has 0 spiro atoms. The van der Waals surface area contributed by atoms with Crippen LogP contribution in [0.2, 0.25) is 0 Å². The fourth-order valence-electron chi connectivity index (χ4n) is 1.88. The van der Waals surface area contributed by atoms with Crippen LogP contribution in [0, 0.1) is 10.1 Å². The molecular formula is C14H21N3O3. The molecule has 0 heterocycles. The van der Waals surface area contributed by atoms with Crippen LogP contribution in [0.3, 0.4) is 0 Å². The smallest absolute Gasteiger partial charge is 0.269 e. The summed E-state index contributed by atoms with van der Waals surface area (Å²) in [6, 6.07) is 6.61. The first kappa shape index (κ1) is 16.1. The van der Waals surface area contributed by atoms with E-state index in [2.05, 4.69) is 5.32 Å². The Hall–Kier alpha value is -1.95. The third-order valence-electron chi connectivity index (χ3n) is 2.79. The largest absolute Gasteiger partial charge is 0.353 e. The van der Waals surface area contributed by atoms with Gasteiger partial charge in [-0.1, -0.05) is 19.1 Å². The summed E-state index contributed by atoms with van der Waals surface area (Å²) in [5.74, 6) is -0.0349. The molecule has 1 rings (SSSR count). The fourth-order valence-corrected chi connectivity index (χ4v) is 1.88. The predicted octanol–water partition coefficient (Wildman–Crippen LogP) is 1.94. The molecule has 6 nitrogen and oxygen atoms in total. The van der Waals surface area contributed by atoms with E-state index >= 15 is 0 Å². The number of nitrogens with zero attached hydrogens (tertiary/aromatic N) is 2. The van der Waals surface area contributed by atoms with Gasteiger partial charge in [0.2, 0.25) is 5.91 Å². The monoisotopic (exact) mass is 279 g/mol. The first-order valence-electron chi connectivity index (χ1n) is 6.67. The average molecular weight is 279 g/mol. The number of rotatable bonds is 7. The average Bonchev–Trinajstić information content (AvgIpc) is 2.37. The van der Waals surface area contributed by atoms with Crippen molar-refractivity contribution < 1.29 is 9.72 Å². The Labute approximate surface area is 118 Å². The summed E-state index contributed by atoms with van der Waals surface area (Å²) in [6.07, 6.45) is 0. The molecule has 0 saturated carbocycles. The first-order valence-corrected chi connectivity index (χ1v) is 6.67. The maximum atomic E-state index is 11.7. The van der Waals surface area contributed by atoms with Gasteiger partial charge in [0.1, 0.15) is 0 Å². The Morgan fingerprint density at radius 1 is 1.45 bits per heavy atom. The van der Waals surface area contributed by atoms with Crippen LogP contribution in [-0.2, 0) is 11.3 Å². The van der Waals surface area contributed by atoms with E-state index in [1.807, 2.05) is 31.7 Å². The minimum atomic E-state index is -0.411. The van der Waals surface area contributed by atoms with Crippen molar-refractivity contribution in [3.8, 4) is 0 Å². The zero-order chi connectivity index (χ0) is 15.1. The van der Waals surface area contributed by atoms with Crippen LogP contribution >= 0.6 is 0 Å². The Bertz CT molecular complexity index is 474. The van der Waals surface area contributed by atoms with Gasteiger partial charge in [-0.05, 0) is 26.0 Å². The highest BCUT2D eigenvalue weighted by atomic mass is 16.6. The minimum absolute atomic E-state index is 0.0349. The lowest BCUT2D eigenvalue weighted by Crippen LogP contribution is -2.39. The molecule has 0 atom stereocenters. The van der Waals surface area contributed by atoms with E-state index < -0.39 is 4.92 Å². The summed E-state index contributed by atoms with van der Waals surface area (Å²) in [6.45, 7) is 7.29. The number of nitrogens with one attached hydrogen (secondary N) is 1. The Kier molecular flexibility index (Phi) is 6.11. The van der Waals surface area contributed by atoms with Gasteiger partial charge < -0.3 is 5.32 Å². The van der Waals surface area contributed by atoms with Gasteiger partial charge in [0, 0.05) is 24.7 Å². The molecule has 0 aliphatic heterocycles. The van der Waals surface area contributed by atoms with E-state index in [1.165, 1.54) is 6.07 Å². The molecule has 1 N–H and O–H groups in total. The van der Waals surface area contributed by atoms with Gasteiger partial charge in [0.25, 0.3) is 5.69 Å². The van der Waals surface area contributed by atoms with Crippen molar-refractivity contribution >= 4 is 11.6 Å². The number of benzene rings is 1. The maximum absolute atomic E-state index is 11.7. The molecule has 110 valence electrons. The standard InChI is InChI=1S/C14H21N3O3/c1-4-16(10-14(18)15-11(2)3)9-12-6-5-7-13(8-12)17(19)20/h5-8,11H,4,9-10H2,1-3H3,(H,15,18). The minimum Gasteiger partial charge on any atom is -0.353 e. The van der Waals surface area contributed by atoms with Gasteiger partial charge in [-0.2, -0.15) is 0 Å². The van der Waals surface area contributed by atoms with Crippen molar-refractivity contribution in [2.75, 3.05) is 13.1 Å². The van der Waals surface area contributed by atoms with Crippen molar-refractivity contribution in [3.05, 3.63) is 39.9 Å². The third kappa shape index (κ3) is 5.36. The molecule has 0 aliphatic rings. The van der Waals surface area contributed by atoms with E-state index in [4.69, 9.17) is 0 Å². The molecule has 0 unspecified atom stereocenters. The van der Waals surface area contributed by atoms with E-state index in [0.29, 0.717) is 13.1 Å². The van der Waals surface area contributed by atoms with Crippen LogP contribution < -0.4 is 5.32 Å². The van der Waals surface area contributed by atoms with Crippen LogP contribution in [0.4, 0.5) is 5.69 Å². The summed E-state index contributed by atoms with van der Waals surface area (Å²) < 4.78 is 0. The molecule has 0 fully saturated rings. The van der Waals surface area contributed by atoms with Crippen LogP contribution in [0.5, 0.6) is 0 Å². The summed E-state index contributed by atoms with van der Waals surface area (Å²) in [7, 11) is 0. The number of nitro benzene ring substituents is 1. The number of non-ortho nitro benzene ring substituents is 1. The van der Waals surface area contributed by atoms with Crippen LogP contribution in [0.1, 0.15) is 26.3 Å². The molecule has 1 aromatic rings. The maximum Gasteiger partial charge on any atom is 0.269 e. The zero-order valence-corrected chi connectivity index (χ0v) is 12.1. The van der Waals surface area contributed by atoms with E-state index in [0.717, 1.165) is 5.56 Å². The second-order valence-electron chi connectivity index (χ2n) is 4.95. The van der Waals surface area contributed by atoms with Crippen LogP contribution in [-0.4, -0.2) is 34.9 Å². The lowest BCUT2D eigenvalue weighted by Gasteiger charge is -2.20. The molecule has 0 bridgehead atoms. The molecule has 0 radical (unpaired) electrons. The van der Waals surface area contributed by atoms with Crippen molar-refractivity contribution in [1.29, 1.82) is 0 Å². The fraction of sp³-hybridized carbons (Fsp3) is 0.500. The van der Waals surface area contributed by atoms with Crippen molar-refractivity contribution in [2.45, 2.75) is 33.4 Å². The van der Waals surface area contributed by atoms with Crippen molar-refractivity contribution in [1.82, 2.24) is 10.2 Å². The molecule has 0 saturated heterocycles. The summed E-state index contributed by atoms with van der Waals surface area (Å²) in [4.78, 5) is 24.0. The van der Waals surface area contributed by atoms with Gasteiger partial charge in [0.05, 0.1) is 11.5 Å². The van der Waals surface area contributed by atoms with Gasteiger partial charge in [0.15, 0.2) is 0 Å².